The molecule has 0 saturated carbocycles. The summed E-state index contributed by atoms with van der Waals surface area (Å²) in [4.78, 5) is 21.2. The number of aromatic nitrogens is 2. The fourth-order valence-corrected chi connectivity index (χ4v) is 3.38. The number of nitrogens with zero attached hydrogens (tertiary/aromatic N) is 2. The van der Waals surface area contributed by atoms with Gasteiger partial charge in [0.05, 0.1) is 0 Å². The molecule has 0 aliphatic carbocycles. The van der Waals surface area contributed by atoms with Crippen LogP contribution in [0.2, 0.25) is 0 Å². The van der Waals surface area contributed by atoms with Crippen LogP contribution in [0, 0.1) is 13.8 Å². The summed E-state index contributed by atoms with van der Waals surface area (Å²) >= 11 is 0. The number of benzene rings is 1. The van der Waals surface area contributed by atoms with Gasteiger partial charge in [0, 0.05) is 37.9 Å². The minimum Gasteiger partial charge on any atom is -0.354 e. The van der Waals surface area contributed by atoms with E-state index in [1.54, 1.807) is 18.6 Å². The molecule has 1 amide bonds. The minimum absolute atomic E-state index is 0.00260. The van der Waals surface area contributed by atoms with Crippen LogP contribution in [-0.2, 0) is 17.6 Å². The van der Waals surface area contributed by atoms with Gasteiger partial charge in [-0.1, -0.05) is 29.8 Å². The summed E-state index contributed by atoms with van der Waals surface area (Å²) < 4.78 is 0. The molecule has 0 saturated heterocycles. The smallest absolute Gasteiger partial charge is 0.241 e. The largest absolute Gasteiger partial charge is 0.354 e. The lowest BCUT2D eigenvalue weighted by Crippen LogP contribution is -2.39. The van der Waals surface area contributed by atoms with E-state index >= 15 is 0 Å². The highest BCUT2D eigenvalue weighted by Crippen LogP contribution is 2.19. The Bertz CT molecular complexity index is 913. The molecule has 1 atom stereocenters. The molecule has 0 radical (unpaired) electrons. The van der Waals surface area contributed by atoms with Crippen LogP contribution >= 0.6 is 0 Å². The van der Waals surface area contributed by atoms with Crippen LogP contribution in [0.25, 0.3) is 0 Å². The van der Waals surface area contributed by atoms with Gasteiger partial charge in [0.25, 0.3) is 0 Å². The molecule has 2 aromatic heterocycles. The Labute approximate surface area is 172 Å². The molecule has 2 heterocycles. The van der Waals surface area contributed by atoms with Crippen molar-refractivity contribution < 1.29 is 4.79 Å². The Morgan fingerprint density at radius 3 is 2.45 bits per heavy atom. The molecule has 29 heavy (non-hydrogen) atoms. The summed E-state index contributed by atoms with van der Waals surface area (Å²) in [6.07, 6.45) is 8.78. The van der Waals surface area contributed by atoms with Crippen molar-refractivity contribution in [1.29, 1.82) is 0 Å². The van der Waals surface area contributed by atoms with Crippen molar-refractivity contribution in [3.63, 3.8) is 0 Å². The zero-order valence-corrected chi connectivity index (χ0v) is 17.1. The topological polar surface area (TPSA) is 66.9 Å². The van der Waals surface area contributed by atoms with E-state index in [4.69, 9.17) is 0 Å². The first-order chi connectivity index (χ1) is 14.1. The number of aryl methyl sites for hydroxylation is 2. The van der Waals surface area contributed by atoms with Gasteiger partial charge in [-0.15, -0.1) is 0 Å². The summed E-state index contributed by atoms with van der Waals surface area (Å²) in [5.41, 5.74) is 5.64. The highest BCUT2D eigenvalue weighted by molar-refractivity contribution is 5.83. The molecule has 1 aromatic carbocycles. The summed E-state index contributed by atoms with van der Waals surface area (Å²) in [7, 11) is 0. The molecule has 0 aliphatic heterocycles. The molecule has 5 nitrogen and oxygen atoms in total. The van der Waals surface area contributed by atoms with Crippen molar-refractivity contribution in [3.8, 4) is 0 Å². The lowest BCUT2D eigenvalue weighted by atomic mass is 9.98. The predicted molar refractivity (Wildman–Crippen MR) is 116 cm³/mol. The van der Waals surface area contributed by atoms with E-state index in [2.05, 4.69) is 58.7 Å². The average molecular weight is 389 g/mol. The third kappa shape index (κ3) is 6.22. The van der Waals surface area contributed by atoms with E-state index in [1.807, 2.05) is 24.4 Å². The Kier molecular flexibility index (Phi) is 7.47. The molecular formula is C24H28N4O. The van der Waals surface area contributed by atoms with Gasteiger partial charge >= 0.3 is 0 Å². The van der Waals surface area contributed by atoms with Crippen molar-refractivity contribution in [1.82, 2.24) is 20.6 Å². The summed E-state index contributed by atoms with van der Waals surface area (Å²) in [5.74, 6) is -0.00260. The van der Waals surface area contributed by atoms with Crippen LogP contribution in [0.15, 0.2) is 67.3 Å². The van der Waals surface area contributed by atoms with Gasteiger partial charge < -0.3 is 10.6 Å². The van der Waals surface area contributed by atoms with E-state index in [9.17, 15) is 4.79 Å². The lowest BCUT2D eigenvalue weighted by Gasteiger charge is -2.21. The van der Waals surface area contributed by atoms with Crippen molar-refractivity contribution in [2.24, 2.45) is 0 Å². The van der Waals surface area contributed by atoms with Gasteiger partial charge in [0.2, 0.25) is 5.91 Å². The second kappa shape index (κ2) is 10.5. The first-order valence-corrected chi connectivity index (χ1v) is 9.99. The van der Waals surface area contributed by atoms with E-state index in [0.717, 1.165) is 35.1 Å². The van der Waals surface area contributed by atoms with Crippen molar-refractivity contribution in [2.45, 2.75) is 32.7 Å². The van der Waals surface area contributed by atoms with E-state index < -0.39 is 0 Å². The van der Waals surface area contributed by atoms with Crippen molar-refractivity contribution >= 4 is 5.91 Å². The van der Waals surface area contributed by atoms with Gasteiger partial charge in [-0.25, -0.2) is 0 Å². The zero-order valence-electron chi connectivity index (χ0n) is 17.1. The van der Waals surface area contributed by atoms with Gasteiger partial charge in [-0.05, 0) is 67.1 Å². The molecule has 1 unspecified atom stereocenters. The summed E-state index contributed by atoms with van der Waals surface area (Å²) in [6, 6.07) is 13.8. The molecule has 0 spiro atoms. The van der Waals surface area contributed by atoms with Gasteiger partial charge in [-0.2, -0.15) is 0 Å². The quantitative estimate of drug-likeness (QED) is 0.590. The number of carbonyl (C=O) groups is 1. The zero-order chi connectivity index (χ0) is 20.5. The number of hydrogen-bond donors (Lipinski definition) is 2. The lowest BCUT2D eigenvalue weighted by molar-refractivity contribution is -0.123. The number of pyridine rings is 2. The predicted octanol–water partition coefficient (Wildman–Crippen LogP) is 3.33. The molecule has 5 heteroatoms. The molecule has 150 valence electrons. The van der Waals surface area contributed by atoms with E-state index in [-0.39, 0.29) is 11.9 Å². The Balaban J connectivity index is 1.65. The normalized spacial score (nSPS) is 11.8. The third-order valence-electron chi connectivity index (χ3n) is 4.95. The van der Waals surface area contributed by atoms with Gasteiger partial charge in [0.1, 0.15) is 6.04 Å². The summed E-state index contributed by atoms with van der Waals surface area (Å²) in [6.45, 7) is 5.41. The second-order valence-corrected chi connectivity index (χ2v) is 7.25. The Morgan fingerprint density at radius 1 is 0.931 bits per heavy atom. The maximum atomic E-state index is 13.0. The van der Waals surface area contributed by atoms with Crippen LogP contribution < -0.4 is 10.6 Å². The SMILES string of the molecule is Cc1ccc(C(NCCc2cccnc2)C(=O)NCCc2ccncc2)c(C)c1. The Morgan fingerprint density at radius 2 is 1.72 bits per heavy atom. The van der Waals surface area contributed by atoms with Crippen LogP contribution in [-0.4, -0.2) is 29.0 Å². The number of amides is 1. The van der Waals surface area contributed by atoms with Crippen molar-refractivity contribution in [2.75, 3.05) is 13.1 Å². The maximum Gasteiger partial charge on any atom is 0.241 e. The molecule has 0 bridgehead atoms. The van der Waals surface area contributed by atoms with Gasteiger partial charge in [-0.3, -0.25) is 14.8 Å². The molecular weight excluding hydrogens is 360 g/mol. The van der Waals surface area contributed by atoms with Crippen LogP contribution in [0.1, 0.15) is 33.9 Å². The van der Waals surface area contributed by atoms with E-state index in [1.165, 1.54) is 5.56 Å². The molecule has 0 aliphatic rings. The molecule has 3 rings (SSSR count). The van der Waals surface area contributed by atoms with Crippen LogP contribution in [0.3, 0.4) is 0 Å². The van der Waals surface area contributed by atoms with Crippen molar-refractivity contribution in [3.05, 3.63) is 95.1 Å². The number of nitrogens with one attached hydrogen (secondary N) is 2. The highest BCUT2D eigenvalue weighted by atomic mass is 16.2. The number of rotatable bonds is 9. The van der Waals surface area contributed by atoms with Crippen LogP contribution in [0.4, 0.5) is 0 Å². The summed E-state index contributed by atoms with van der Waals surface area (Å²) in [5, 5.41) is 6.53. The molecule has 3 aromatic rings. The first kappa shape index (κ1) is 20.7. The maximum absolute atomic E-state index is 13.0. The van der Waals surface area contributed by atoms with Gasteiger partial charge in [0.15, 0.2) is 0 Å². The fraction of sp³-hybridized carbons (Fsp3) is 0.292. The standard InChI is InChI=1S/C24H28N4O/c1-18-5-6-22(19(2)16-18)23(27-14-10-21-4-3-11-26-17-21)24(29)28-15-9-20-7-12-25-13-8-20/h3-8,11-13,16-17,23,27H,9-10,14-15H2,1-2H3,(H,28,29). The highest BCUT2D eigenvalue weighted by Gasteiger charge is 2.21. The third-order valence-corrected chi connectivity index (χ3v) is 4.95. The number of carbonyl (C=O) groups excluding carboxylic acids is 1. The minimum atomic E-state index is -0.385. The average Bonchev–Trinajstić information content (AvgIpc) is 2.73. The van der Waals surface area contributed by atoms with E-state index in [0.29, 0.717) is 13.1 Å². The number of hydrogen-bond acceptors (Lipinski definition) is 4. The molecule has 2 N–H and O–H groups in total. The second-order valence-electron chi connectivity index (χ2n) is 7.25. The fourth-order valence-electron chi connectivity index (χ4n) is 3.38. The first-order valence-electron chi connectivity index (χ1n) is 9.99. The monoisotopic (exact) mass is 388 g/mol. The molecule has 0 fully saturated rings. The Hall–Kier alpha value is -3.05. The van der Waals surface area contributed by atoms with Crippen LogP contribution in [0.5, 0.6) is 0 Å².